The highest BCUT2D eigenvalue weighted by molar-refractivity contribution is 6.33. The Labute approximate surface area is 87.5 Å². The largest absolute Gasteiger partial charge is 0.497 e. The van der Waals surface area contributed by atoms with Crippen LogP contribution in [0.4, 0.5) is 0 Å². The zero-order valence-electron chi connectivity index (χ0n) is 8.61. The number of carbonyl (C=O) groups excluding carboxylic acids is 1. The van der Waals surface area contributed by atoms with Crippen molar-refractivity contribution in [2.45, 2.75) is 13.3 Å². The fourth-order valence-electron chi connectivity index (χ4n) is 1.24. The number of hydrogen-bond acceptors (Lipinski definition) is 3. The molecule has 0 atom stereocenters. The summed E-state index contributed by atoms with van der Waals surface area (Å²) in [5.41, 5.74) is 1.56. The third-order valence-electron chi connectivity index (χ3n) is 2.14. The number of carboxylic acids is 1. The molecule has 0 heterocycles. The maximum atomic E-state index is 11.0. The summed E-state index contributed by atoms with van der Waals surface area (Å²) in [6.07, 6.45) is -0.0782. The minimum atomic E-state index is -1.40. The molecule has 0 radical (unpaired) electrons. The second-order valence-corrected chi connectivity index (χ2v) is 3.20. The Morgan fingerprint density at radius 1 is 1.40 bits per heavy atom. The number of aryl methyl sites for hydroxylation is 1. The predicted octanol–water partition coefficient (Wildman–Crippen LogP) is 1.20. The Kier molecular flexibility index (Phi) is 3.44. The molecule has 0 fully saturated rings. The van der Waals surface area contributed by atoms with E-state index in [0.29, 0.717) is 11.3 Å². The number of aliphatic carboxylic acids is 1. The highest BCUT2D eigenvalue weighted by Gasteiger charge is 2.13. The van der Waals surface area contributed by atoms with Gasteiger partial charge < -0.3 is 9.84 Å². The van der Waals surface area contributed by atoms with Crippen molar-refractivity contribution in [2.75, 3.05) is 7.11 Å². The molecule has 1 N–H and O–H groups in total. The minimum Gasteiger partial charge on any atom is -0.497 e. The van der Waals surface area contributed by atoms with Crippen LogP contribution in [-0.2, 0) is 16.0 Å². The number of benzene rings is 1. The highest BCUT2D eigenvalue weighted by atomic mass is 16.5. The van der Waals surface area contributed by atoms with Crippen LogP contribution in [0.3, 0.4) is 0 Å². The van der Waals surface area contributed by atoms with Crippen molar-refractivity contribution >= 4 is 11.8 Å². The molecule has 0 aliphatic rings. The van der Waals surface area contributed by atoms with E-state index in [0.717, 1.165) is 5.56 Å². The summed E-state index contributed by atoms with van der Waals surface area (Å²) in [5.74, 6) is -1.51. The number of carbonyl (C=O) groups is 2. The van der Waals surface area contributed by atoms with Gasteiger partial charge in [0.2, 0.25) is 5.78 Å². The van der Waals surface area contributed by atoms with Crippen molar-refractivity contribution in [3.05, 3.63) is 29.3 Å². The lowest BCUT2D eigenvalue weighted by molar-refractivity contribution is -0.148. The highest BCUT2D eigenvalue weighted by Crippen LogP contribution is 2.17. The van der Waals surface area contributed by atoms with Gasteiger partial charge in [-0.15, -0.1) is 0 Å². The monoisotopic (exact) mass is 208 g/mol. The average molecular weight is 208 g/mol. The van der Waals surface area contributed by atoms with Crippen LogP contribution in [0.2, 0.25) is 0 Å². The molecule has 0 aliphatic carbocycles. The molecule has 4 nitrogen and oxygen atoms in total. The molecule has 0 aromatic heterocycles. The Balaban J connectivity index is 2.87. The summed E-state index contributed by atoms with van der Waals surface area (Å²) in [6, 6.07) is 5.18. The summed E-state index contributed by atoms with van der Waals surface area (Å²) in [7, 11) is 1.55. The molecule has 0 bridgehead atoms. The van der Waals surface area contributed by atoms with E-state index >= 15 is 0 Å². The second kappa shape index (κ2) is 4.59. The SMILES string of the molecule is COc1ccc(CC(=O)C(=O)O)c(C)c1. The number of methoxy groups -OCH3 is 1. The van der Waals surface area contributed by atoms with Crippen molar-refractivity contribution in [3.8, 4) is 5.75 Å². The van der Waals surface area contributed by atoms with Crippen LogP contribution in [0, 0.1) is 6.92 Å². The first-order valence-electron chi connectivity index (χ1n) is 4.44. The van der Waals surface area contributed by atoms with Gasteiger partial charge in [0.1, 0.15) is 5.75 Å². The smallest absolute Gasteiger partial charge is 0.372 e. The molecule has 1 aromatic rings. The lowest BCUT2D eigenvalue weighted by Crippen LogP contribution is -2.15. The van der Waals surface area contributed by atoms with Crippen LogP contribution in [0.5, 0.6) is 5.75 Å². The van der Waals surface area contributed by atoms with Crippen LogP contribution < -0.4 is 4.74 Å². The van der Waals surface area contributed by atoms with Gasteiger partial charge in [-0.25, -0.2) is 4.79 Å². The van der Waals surface area contributed by atoms with E-state index in [9.17, 15) is 9.59 Å². The third kappa shape index (κ3) is 2.80. The van der Waals surface area contributed by atoms with E-state index < -0.39 is 11.8 Å². The Bertz CT molecular complexity index is 396. The molecule has 0 aliphatic heterocycles. The number of Topliss-reactive ketones (excluding diaryl/α,β-unsaturated/α-hetero) is 1. The fourth-order valence-corrected chi connectivity index (χ4v) is 1.24. The Morgan fingerprint density at radius 3 is 2.53 bits per heavy atom. The third-order valence-corrected chi connectivity index (χ3v) is 2.14. The van der Waals surface area contributed by atoms with Gasteiger partial charge in [-0.3, -0.25) is 4.79 Å². The molecule has 0 amide bonds. The number of ether oxygens (including phenoxy) is 1. The molecule has 80 valence electrons. The van der Waals surface area contributed by atoms with Gasteiger partial charge in [0.25, 0.3) is 0 Å². The van der Waals surface area contributed by atoms with E-state index in [2.05, 4.69) is 0 Å². The van der Waals surface area contributed by atoms with Gasteiger partial charge in [0.15, 0.2) is 0 Å². The van der Waals surface area contributed by atoms with Crippen molar-refractivity contribution < 1.29 is 19.4 Å². The van der Waals surface area contributed by atoms with Gasteiger partial charge in [-0.1, -0.05) is 6.07 Å². The quantitative estimate of drug-likeness (QED) is 0.755. The van der Waals surface area contributed by atoms with Crippen molar-refractivity contribution in [1.82, 2.24) is 0 Å². The number of rotatable bonds is 4. The molecule has 1 rings (SSSR count). The minimum absolute atomic E-state index is 0.0782. The molecule has 4 heteroatoms. The first-order chi connectivity index (χ1) is 7.04. The molecule has 15 heavy (non-hydrogen) atoms. The molecule has 0 unspecified atom stereocenters. The first-order valence-corrected chi connectivity index (χ1v) is 4.44. The molecule has 1 aromatic carbocycles. The van der Waals surface area contributed by atoms with Crippen molar-refractivity contribution in [2.24, 2.45) is 0 Å². The van der Waals surface area contributed by atoms with E-state index in [1.807, 2.05) is 6.92 Å². The zero-order chi connectivity index (χ0) is 11.4. The lowest BCUT2D eigenvalue weighted by atomic mass is 10.0. The number of carboxylic acid groups (broad SMARTS) is 1. The number of ketones is 1. The summed E-state index contributed by atoms with van der Waals surface area (Å²) in [4.78, 5) is 21.4. The maximum absolute atomic E-state index is 11.0. The zero-order valence-corrected chi connectivity index (χ0v) is 8.61. The Hall–Kier alpha value is -1.84. The van der Waals surface area contributed by atoms with Crippen LogP contribution in [0.1, 0.15) is 11.1 Å². The van der Waals surface area contributed by atoms with E-state index in [1.54, 1.807) is 25.3 Å². The topological polar surface area (TPSA) is 63.6 Å². The van der Waals surface area contributed by atoms with E-state index in [1.165, 1.54) is 0 Å². The fraction of sp³-hybridized carbons (Fsp3) is 0.273. The summed E-state index contributed by atoms with van der Waals surface area (Å²) in [6.45, 7) is 1.81. The van der Waals surface area contributed by atoms with Gasteiger partial charge in [0.05, 0.1) is 7.11 Å². The number of hydrogen-bond donors (Lipinski definition) is 1. The molecule has 0 saturated carbocycles. The van der Waals surface area contributed by atoms with Gasteiger partial charge in [-0.05, 0) is 30.2 Å². The maximum Gasteiger partial charge on any atom is 0.372 e. The Morgan fingerprint density at radius 2 is 2.07 bits per heavy atom. The standard InChI is InChI=1S/C11H12O4/c1-7-5-9(15-2)4-3-8(7)6-10(12)11(13)14/h3-5H,6H2,1-2H3,(H,13,14). The van der Waals surface area contributed by atoms with Crippen LogP contribution in [0.15, 0.2) is 18.2 Å². The van der Waals surface area contributed by atoms with Gasteiger partial charge >= 0.3 is 5.97 Å². The van der Waals surface area contributed by atoms with Crippen LogP contribution in [-0.4, -0.2) is 24.0 Å². The predicted molar refractivity (Wildman–Crippen MR) is 54.1 cm³/mol. The van der Waals surface area contributed by atoms with E-state index in [4.69, 9.17) is 9.84 Å². The first kappa shape index (κ1) is 11.2. The average Bonchev–Trinajstić information content (AvgIpc) is 2.20. The molecule has 0 spiro atoms. The van der Waals surface area contributed by atoms with Crippen molar-refractivity contribution in [1.29, 1.82) is 0 Å². The van der Waals surface area contributed by atoms with E-state index in [-0.39, 0.29) is 6.42 Å². The van der Waals surface area contributed by atoms with Gasteiger partial charge in [-0.2, -0.15) is 0 Å². The van der Waals surface area contributed by atoms with Gasteiger partial charge in [0, 0.05) is 6.42 Å². The molecular formula is C11H12O4. The molecular weight excluding hydrogens is 196 g/mol. The summed E-state index contributed by atoms with van der Waals surface area (Å²) in [5, 5.41) is 8.46. The summed E-state index contributed by atoms with van der Waals surface area (Å²) < 4.78 is 5.00. The normalized spacial score (nSPS) is 9.73. The molecule has 0 saturated heterocycles. The van der Waals surface area contributed by atoms with Crippen molar-refractivity contribution in [3.63, 3.8) is 0 Å². The summed E-state index contributed by atoms with van der Waals surface area (Å²) >= 11 is 0. The second-order valence-electron chi connectivity index (χ2n) is 3.20. The van der Waals surface area contributed by atoms with Crippen LogP contribution >= 0.6 is 0 Å². The van der Waals surface area contributed by atoms with Crippen LogP contribution in [0.25, 0.3) is 0 Å². The lowest BCUT2D eigenvalue weighted by Gasteiger charge is -2.05.